The first-order valence-electron chi connectivity index (χ1n) is 6.52. The third-order valence-corrected chi connectivity index (χ3v) is 4.20. The maximum absolute atomic E-state index is 5.44. The van der Waals surface area contributed by atoms with Gasteiger partial charge in [0.1, 0.15) is 0 Å². The van der Waals surface area contributed by atoms with Crippen LogP contribution in [-0.2, 0) is 11.3 Å². The molecule has 0 aromatic heterocycles. The van der Waals surface area contributed by atoms with E-state index in [0.717, 1.165) is 32.7 Å². The molecular formula is C14H21BrN2O. The number of benzene rings is 1. The molecule has 0 saturated carbocycles. The number of hydrogen-bond donors (Lipinski definition) is 1. The monoisotopic (exact) mass is 312 g/mol. The van der Waals surface area contributed by atoms with Gasteiger partial charge < -0.3 is 15.0 Å². The van der Waals surface area contributed by atoms with Crippen LogP contribution >= 0.6 is 15.9 Å². The zero-order valence-electron chi connectivity index (χ0n) is 11.1. The first-order valence-corrected chi connectivity index (χ1v) is 7.31. The lowest BCUT2D eigenvalue weighted by molar-refractivity contribution is 0.193. The van der Waals surface area contributed by atoms with Gasteiger partial charge in [-0.05, 0) is 30.7 Å². The van der Waals surface area contributed by atoms with Gasteiger partial charge >= 0.3 is 0 Å². The smallest absolute Gasteiger partial charge is 0.0670 e. The van der Waals surface area contributed by atoms with Crippen LogP contribution in [0.5, 0.6) is 0 Å². The summed E-state index contributed by atoms with van der Waals surface area (Å²) in [6.07, 6.45) is 1.12. The van der Waals surface area contributed by atoms with Crippen LogP contribution in [0.25, 0.3) is 0 Å². The van der Waals surface area contributed by atoms with E-state index in [1.807, 2.05) is 0 Å². The summed E-state index contributed by atoms with van der Waals surface area (Å²) in [5, 5.41) is 3.35. The van der Waals surface area contributed by atoms with Crippen molar-refractivity contribution in [1.29, 1.82) is 0 Å². The first-order chi connectivity index (χ1) is 8.72. The number of nitrogens with zero attached hydrogens (tertiary/aromatic N) is 1. The standard InChI is InChI=1S/C14H21BrN2O/c1-3-16-9-11-4-5-12(8-14(11)15)17(2)13-6-7-18-10-13/h4-5,8,13,16H,3,6-7,9-10H2,1-2H3. The molecule has 0 radical (unpaired) electrons. The van der Waals surface area contributed by atoms with E-state index in [9.17, 15) is 0 Å². The van der Waals surface area contributed by atoms with Crippen LogP contribution in [0.2, 0.25) is 0 Å². The summed E-state index contributed by atoms with van der Waals surface area (Å²) in [5.74, 6) is 0. The molecule has 100 valence electrons. The number of ether oxygens (including phenoxy) is 1. The molecule has 1 aromatic carbocycles. The Bertz CT molecular complexity index is 391. The summed E-state index contributed by atoms with van der Waals surface area (Å²) >= 11 is 3.66. The number of rotatable bonds is 5. The Kier molecular flexibility index (Phi) is 5.03. The zero-order valence-corrected chi connectivity index (χ0v) is 12.7. The fourth-order valence-electron chi connectivity index (χ4n) is 2.20. The molecule has 18 heavy (non-hydrogen) atoms. The Morgan fingerprint density at radius 2 is 2.33 bits per heavy atom. The van der Waals surface area contributed by atoms with E-state index < -0.39 is 0 Å². The lowest BCUT2D eigenvalue weighted by atomic mass is 10.1. The lowest BCUT2D eigenvalue weighted by Gasteiger charge is -2.26. The van der Waals surface area contributed by atoms with E-state index in [1.54, 1.807) is 0 Å². The molecule has 1 unspecified atom stereocenters. The van der Waals surface area contributed by atoms with E-state index >= 15 is 0 Å². The molecular weight excluding hydrogens is 292 g/mol. The highest BCUT2D eigenvalue weighted by atomic mass is 79.9. The number of anilines is 1. The van der Waals surface area contributed by atoms with Crippen LogP contribution in [0.4, 0.5) is 5.69 Å². The summed E-state index contributed by atoms with van der Waals surface area (Å²) in [6, 6.07) is 7.09. The SMILES string of the molecule is CCNCc1ccc(N(C)C2CCOC2)cc1Br. The van der Waals surface area contributed by atoms with Crippen molar-refractivity contribution in [3.63, 3.8) is 0 Å². The summed E-state index contributed by atoms with van der Waals surface area (Å²) in [4.78, 5) is 2.31. The molecule has 1 saturated heterocycles. The summed E-state index contributed by atoms with van der Waals surface area (Å²) in [6.45, 7) is 5.75. The maximum atomic E-state index is 5.44. The van der Waals surface area contributed by atoms with E-state index in [0.29, 0.717) is 6.04 Å². The Hall–Kier alpha value is -0.580. The van der Waals surface area contributed by atoms with E-state index in [4.69, 9.17) is 4.74 Å². The van der Waals surface area contributed by atoms with Crippen molar-refractivity contribution in [2.45, 2.75) is 25.9 Å². The van der Waals surface area contributed by atoms with Crippen LogP contribution in [0.3, 0.4) is 0 Å². The number of halogens is 1. The van der Waals surface area contributed by atoms with Crippen LogP contribution < -0.4 is 10.2 Å². The highest BCUT2D eigenvalue weighted by molar-refractivity contribution is 9.10. The van der Waals surface area contributed by atoms with Gasteiger partial charge in [0.15, 0.2) is 0 Å². The molecule has 0 bridgehead atoms. The lowest BCUT2D eigenvalue weighted by Crippen LogP contribution is -2.31. The molecule has 1 aromatic rings. The molecule has 0 amide bonds. The fraction of sp³-hybridized carbons (Fsp3) is 0.571. The van der Waals surface area contributed by atoms with Gasteiger partial charge in [0, 0.05) is 30.4 Å². The van der Waals surface area contributed by atoms with Crippen LogP contribution in [0.1, 0.15) is 18.9 Å². The summed E-state index contributed by atoms with van der Waals surface area (Å²) in [7, 11) is 2.14. The van der Waals surface area contributed by atoms with Gasteiger partial charge in [-0.2, -0.15) is 0 Å². The molecule has 1 aliphatic heterocycles. The minimum atomic E-state index is 0.511. The molecule has 1 heterocycles. The van der Waals surface area contributed by atoms with Crippen molar-refractivity contribution in [3.05, 3.63) is 28.2 Å². The highest BCUT2D eigenvalue weighted by Crippen LogP contribution is 2.26. The van der Waals surface area contributed by atoms with E-state index in [-0.39, 0.29) is 0 Å². The zero-order chi connectivity index (χ0) is 13.0. The molecule has 2 rings (SSSR count). The average Bonchev–Trinajstić information content (AvgIpc) is 2.90. The second-order valence-corrected chi connectivity index (χ2v) is 5.54. The van der Waals surface area contributed by atoms with E-state index in [1.165, 1.54) is 15.7 Å². The minimum Gasteiger partial charge on any atom is -0.379 e. The Balaban J connectivity index is 2.07. The fourth-order valence-corrected chi connectivity index (χ4v) is 2.70. The Labute approximate surface area is 118 Å². The second-order valence-electron chi connectivity index (χ2n) is 4.68. The third kappa shape index (κ3) is 3.25. The van der Waals surface area contributed by atoms with Crippen LogP contribution in [0.15, 0.2) is 22.7 Å². The van der Waals surface area contributed by atoms with Crippen molar-refractivity contribution in [3.8, 4) is 0 Å². The molecule has 1 aliphatic rings. The third-order valence-electron chi connectivity index (χ3n) is 3.46. The van der Waals surface area contributed by atoms with Gasteiger partial charge in [-0.25, -0.2) is 0 Å². The van der Waals surface area contributed by atoms with Gasteiger partial charge in [-0.15, -0.1) is 0 Å². The molecule has 1 atom stereocenters. The summed E-state index contributed by atoms with van der Waals surface area (Å²) < 4.78 is 6.62. The van der Waals surface area contributed by atoms with Crippen molar-refractivity contribution in [2.24, 2.45) is 0 Å². The Morgan fingerprint density at radius 1 is 1.50 bits per heavy atom. The molecule has 0 aliphatic carbocycles. The van der Waals surface area contributed by atoms with Crippen molar-refractivity contribution in [1.82, 2.24) is 5.32 Å². The summed E-state index contributed by atoms with van der Waals surface area (Å²) in [5.41, 5.74) is 2.55. The van der Waals surface area contributed by atoms with Crippen molar-refractivity contribution in [2.75, 3.05) is 31.7 Å². The predicted molar refractivity (Wildman–Crippen MR) is 79.1 cm³/mol. The number of hydrogen-bond acceptors (Lipinski definition) is 3. The van der Waals surface area contributed by atoms with Gasteiger partial charge in [0.25, 0.3) is 0 Å². The second kappa shape index (κ2) is 6.55. The molecule has 3 nitrogen and oxygen atoms in total. The van der Waals surface area contributed by atoms with Gasteiger partial charge in [0.2, 0.25) is 0 Å². The first kappa shape index (κ1) is 13.8. The quantitative estimate of drug-likeness (QED) is 0.905. The number of nitrogens with one attached hydrogen (secondary N) is 1. The van der Waals surface area contributed by atoms with Crippen molar-refractivity contribution >= 4 is 21.6 Å². The molecule has 4 heteroatoms. The largest absolute Gasteiger partial charge is 0.379 e. The van der Waals surface area contributed by atoms with Crippen molar-refractivity contribution < 1.29 is 4.74 Å². The molecule has 0 spiro atoms. The van der Waals surface area contributed by atoms with Crippen LogP contribution in [-0.4, -0.2) is 32.8 Å². The average molecular weight is 313 g/mol. The predicted octanol–water partition coefficient (Wildman–Crippen LogP) is 2.78. The Morgan fingerprint density at radius 3 is 2.94 bits per heavy atom. The maximum Gasteiger partial charge on any atom is 0.0670 e. The van der Waals surface area contributed by atoms with Gasteiger partial charge in [-0.3, -0.25) is 0 Å². The normalized spacial score (nSPS) is 19.2. The minimum absolute atomic E-state index is 0.511. The van der Waals surface area contributed by atoms with E-state index in [2.05, 4.69) is 58.3 Å². The van der Waals surface area contributed by atoms with Gasteiger partial charge in [0.05, 0.1) is 12.6 Å². The highest BCUT2D eigenvalue weighted by Gasteiger charge is 2.20. The van der Waals surface area contributed by atoms with Crippen LogP contribution in [0, 0.1) is 0 Å². The molecule has 1 fully saturated rings. The number of likely N-dealkylation sites (N-methyl/N-ethyl adjacent to an activating group) is 1. The van der Waals surface area contributed by atoms with Gasteiger partial charge in [-0.1, -0.05) is 28.9 Å². The molecule has 1 N–H and O–H groups in total. The topological polar surface area (TPSA) is 24.5 Å².